The Labute approximate surface area is 134 Å². The van der Waals surface area contributed by atoms with E-state index in [0.717, 1.165) is 0 Å². The van der Waals surface area contributed by atoms with Crippen LogP contribution in [0.2, 0.25) is 0 Å². The van der Waals surface area contributed by atoms with Crippen LogP contribution in [-0.2, 0) is 14.8 Å². The second kappa shape index (κ2) is 5.85. The number of carbonyl (C=O) groups excluding carboxylic acids is 1. The van der Waals surface area contributed by atoms with Crippen molar-refractivity contribution >= 4 is 38.7 Å². The fourth-order valence-corrected chi connectivity index (χ4v) is 2.84. The minimum atomic E-state index is -3.38. The van der Waals surface area contributed by atoms with Crippen molar-refractivity contribution in [1.82, 2.24) is 0 Å². The van der Waals surface area contributed by atoms with Crippen molar-refractivity contribution in [2.24, 2.45) is 4.99 Å². The Balaban J connectivity index is 2.01. The number of carbonyl (C=O) groups is 1. The third-order valence-electron chi connectivity index (χ3n) is 3.39. The zero-order valence-electron chi connectivity index (χ0n) is 12.4. The number of anilines is 2. The third-order valence-corrected chi connectivity index (χ3v) is 4.70. The zero-order valence-corrected chi connectivity index (χ0v) is 13.2. The van der Waals surface area contributed by atoms with Crippen LogP contribution in [0.3, 0.4) is 0 Å². The average Bonchev–Trinajstić information content (AvgIpc) is 2.84. The van der Waals surface area contributed by atoms with Gasteiger partial charge in [-0.25, -0.2) is 13.4 Å². The standard InChI is InChI=1S/C16H15N3O3S/c1-2-23(21,22)19-12-8-9-14-13(10-12)15(16(20)18-14)17-11-6-4-3-5-7-11/h3-10,19H,2H2,1H3,(H,17,18,20). The van der Waals surface area contributed by atoms with Crippen molar-refractivity contribution in [3.05, 3.63) is 54.1 Å². The largest absolute Gasteiger partial charge is 0.320 e. The van der Waals surface area contributed by atoms with E-state index >= 15 is 0 Å². The first-order valence-electron chi connectivity index (χ1n) is 7.08. The number of sulfonamides is 1. The molecule has 6 nitrogen and oxygen atoms in total. The predicted molar refractivity (Wildman–Crippen MR) is 90.8 cm³/mol. The number of hydrogen-bond donors (Lipinski definition) is 2. The molecule has 0 bridgehead atoms. The van der Waals surface area contributed by atoms with E-state index in [0.29, 0.717) is 22.6 Å². The van der Waals surface area contributed by atoms with Crippen molar-refractivity contribution in [2.75, 3.05) is 15.8 Å². The van der Waals surface area contributed by atoms with Crippen molar-refractivity contribution in [2.45, 2.75) is 6.92 Å². The minimum absolute atomic E-state index is 0.0216. The van der Waals surface area contributed by atoms with Crippen LogP contribution in [-0.4, -0.2) is 25.8 Å². The van der Waals surface area contributed by atoms with Gasteiger partial charge in [0.2, 0.25) is 10.0 Å². The molecule has 2 aromatic carbocycles. The van der Waals surface area contributed by atoms with Crippen molar-refractivity contribution in [1.29, 1.82) is 0 Å². The highest BCUT2D eigenvalue weighted by molar-refractivity contribution is 7.92. The average molecular weight is 329 g/mol. The summed E-state index contributed by atoms with van der Waals surface area (Å²) >= 11 is 0. The van der Waals surface area contributed by atoms with E-state index in [2.05, 4.69) is 15.0 Å². The van der Waals surface area contributed by atoms with E-state index in [9.17, 15) is 13.2 Å². The molecule has 0 fully saturated rings. The van der Waals surface area contributed by atoms with Gasteiger partial charge in [-0.3, -0.25) is 9.52 Å². The highest BCUT2D eigenvalue weighted by Crippen LogP contribution is 2.28. The quantitative estimate of drug-likeness (QED) is 0.903. The van der Waals surface area contributed by atoms with Crippen LogP contribution < -0.4 is 10.0 Å². The first kappa shape index (κ1) is 15.2. The molecule has 0 radical (unpaired) electrons. The maximum Gasteiger partial charge on any atom is 0.275 e. The molecule has 3 rings (SSSR count). The molecule has 0 atom stereocenters. The Bertz CT molecular complexity index is 890. The lowest BCUT2D eigenvalue weighted by atomic mass is 10.1. The summed E-state index contributed by atoms with van der Waals surface area (Å²) in [5, 5.41) is 2.72. The lowest BCUT2D eigenvalue weighted by molar-refractivity contribution is -0.110. The first-order chi connectivity index (χ1) is 11.0. The topological polar surface area (TPSA) is 87.6 Å². The Morgan fingerprint density at radius 1 is 1.13 bits per heavy atom. The predicted octanol–water partition coefficient (Wildman–Crippen LogP) is 2.52. The van der Waals surface area contributed by atoms with Gasteiger partial charge in [0.1, 0.15) is 5.71 Å². The molecule has 0 unspecified atom stereocenters. The molecule has 2 N–H and O–H groups in total. The fraction of sp³-hybridized carbons (Fsp3) is 0.125. The van der Waals surface area contributed by atoms with Gasteiger partial charge in [0.05, 0.1) is 17.1 Å². The van der Waals surface area contributed by atoms with Crippen LogP contribution in [0.15, 0.2) is 53.5 Å². The molecular formula is C16H15N3O3S. The van der Waals surface area contributed by atoms with Gasteiger partial charge >= 0.3 is 0 Å². The normalized spacial score (nSPS) is 15.3. The van der Waals surface area contributed by atoms with Gasteiger partial charge in [-0.2, -0.15) is 0 Å². The molecule has 2 aromatic rings. The molecule has 0 saturated heterocycles. The third kappa shape index (κ3) is 3.24. The van der Waals surface area contributed by atoms with Gasteiger partial charge in [0.15, 0.2) is 0 Å². The van der Waals surface area contributed by atoms with E-state index in [1.165, 1.54) is 0 Å². The summed E-state index contributed by atoms with van der Waals surface area (Å²) in [5.41, 5.74) is 2.52. The maximum absolute atomic E-state index is 12.1. The SMILES string of the molecule is CCS(=O)(=O)Nc1ccc2c(c1)/C(=N/c1ccccc1)C(=O)N2. The van der Waals surface area contributed by atoms with Crippen LogP contribution in [0.5, 0.6) is 0 Å². The zero-order chi connectivity index (χ0) is 16.4. The number of amides is 1. The summed E-state index contributed by atoms with van der Waals surface area (Å²) in [4.78, 5) is 16.5. The fourth-order valence-electron chi connectivity index (χ4n) is 2.21. The Morgan fingerprint density at radius 2 is 1.87 bits per heavy atom. The number of nitrogens with one attached hydrogen (secondary N) is 2. The van der Waals surface area contributed by atoms with Crippen LogP contribution in [0.25, 0.3) is 0 Å². The molecule has 1 heterocycles. The number of nitrogens with zero attached hydrogens (tertiary/aromatic N) is 1. The van der Waals surface area contributed by atoms with Gasteiger partial charge in [0, 0.05) is 11.3 Å². The van der Waals surface area contributed by atoms with E-state index in [-0.39, 0.29) is 17.4 Å². The molecule has 1 aliphatic rings. The summed E-state index contributed by atoms with van der Waals surface area (Å²) < 4.78 is 25.8. The summed E-state index contributed by atoms with van der Waals surface area (Å²) in [7, 11) is -3.38. The Hall–Kier alpha value is -2.67. The monoisotopic (exact) mass is 329 g/mol. The number of hydrogen-bond acceptors (Lipinski definition) is 4. The van der Waals surface area contributed by atoms with Gasteiger partial charge in [-0.05, 0) is 37.3 Å². The van der Waals surface area contributed by atoms with Gasteiger partial charge in [-0.15, -0.1) is 0 Å². The highest BCUT2D eigenvalue weighted by atomic mass is 32.2. The van der Waals surface area contributed by atoms with Crippen molar-refractivity contribution < 1.29 is 13.2 Å². The number of rotatable bonds is 4. The number of benzene rings is 2. The van der Waals surface area contributed by atoms with Crippen molar-refractivity contribution in [3.63, 3.8) is 0 Å². The van der Waals surface area contributed by atoms with Gasteiger partial charge in [0.25, 0.3) is 5.91 Å². The second-order valence-corrected chi connectivity index (χ2v) is 7.03. The maximum atomic E-state index is 12.1. The lowest BCUT2D eigenvalue weighted by Gasteiger charge is -2.07. The number of aliphatic imine (C=N–C) groups is 1. The van der Waals surface area contributed by atoms with E-state index in [1.54, 1.807) is 37.3 Å². The first-order valence-corrected chi connectivity index (χ1v) is 8.74. The molecule has 1 aliphatic heterocycles. The van der Waals surface area contributed by atoms with Crippen molar-refractivity contribution in [3.8, 4) is 0 Å². The molecule has 118 valence electrons. The van der Waals surface area contributed by atoms with E-state index < -0.39 is 10.0 Å². The molecule has 0 saturated carbocycles. The summed E-state index contributed by atoms with van der Waals surface area (Å²) in [6.07, 6.45) is 0. The molecule has 0 aliphatic carbocycles. The summed E-state index contributed by atoms with van der Waals surface area (Å²) in [5.74, 6) is -0.328. The molecule has 0 aromatic heterocycles. The lowest BCUT2D eigenvalue weighted by Crippen LogP contribution is -2.15. The number of para-hydroxylation sites is 1. The molecule has 23 heavy (non-hydrogen) atoms. The van der Waals surface area contributed by atoms with Crippen LogP contribution in [0.4, 0.5) is 17.1 Å². The van der Waals surface area contributed by atoms with E-state index in [1.807, 2.05) is 18.2 Å². The Kier molecular flexibility index (Phi) is 3.87. The smallest absolute Gasteiger partial charge is 0.275 e. The van der Waals surface area contributed by atoms with Gasteiger partial charge in [-0.1, -0.05) is 18.2 Å². The number of fused-ring (bicyclic) bond motifs is 1. The molecule has 1 amide bonds. The van der Waals surface area contributed by atoms with Gasteiger partial charge < -0.3 is 5.32 Å². The molecule has 7 heteroatoms. The minimum Gasteiger partial charge on any atom is -0.320 e. The second-order valence-electron chi connectivity index (χ2n) is 5.02. The molecular weight excluding hydrogens is 314 g/mol. The summed E-state index contributed by atoms with van der Waals surface area (Å²) in [6.45, 7) is 1.56. The van der Waals surface area contributed by atoms with E-state index in [4.69, 9.17) is 0 Å². The van der Waals surface area contributed by atoms with Crippen LogP contribution in [0.1, 0.15) is 12.5 Å². The summed E-state index contributed by atoms with van der Waals surface area (Å²) in [6, 6.07) is 14.0. The molecule has 0 spiro atoms. The van der Waals surface area contributed by atoms with Crippen LogP contribution >= 0.6 is 0 Å². The Morgan fingerprint density at radius 3 is 2.57 bits per heavy atom. The highest BCUT2D eigenvalue weighted by Gasteiger charge is 2.26. The van der Waals surface area contributed by atoms with Crippen LogP contribution in [0, 0.1) is 0 Å².